The summed E-state index contributed by atoms with van der Waals surface area (Å²) in [5, 5.41) is 0. The van der Waals surface area contributed by atoms with Crippen molar-refractivity contribution in [3.05, 3.63) is 0 Å². The van der Waals surface area contributed by atoms with Crippen molar-refractivity contribution in [1.29, 1.82) is 0 Å². The predicted molar refractivity (Wildman–Crippen MR) is 42.4 cm³/mol. The maximum Gasteiger partial charge on any atom is 0.0437 e. The first-order chi connectivity index (χ1) is 3.83. The number of hydrogen-bond donors (Lipinski definition) is 0. The molecular weight excluding hydrogens is 116 g/mol. The number of hydrogen-bond acceptors (Lipinski definition) is 1. The largest absolute Gasteiger partial charge is 0.382 e. The van der Waals surface area contributed by atoms with Crippen LogP contribution in [0, 0.1) is 0 Å². The molecule has 0 radical (unpaired) electrons. The zero-order valence-electron chi connectivity index (χ0n) is 6.53. The molecule has 52 valence electrons. The Kier molecular flexibility index (Phi) is 21.7. The lowest BCUT2D eigenvalue weighted by Gasteiger charge is -1.86. The average Bonchev–Trinajstić information content (AvgIpc) is 1.71. The molecule has 0 atom stereocenters. The first-order valence-corrected chi connectivity index (χ1v) is 6.23. The molecule has 0 rings (SSSR count). The van der Waals surface area contributed by atoms with Crippen LogP contribution in [0.3, 0.4) is 0 Å². The van der Waals surface area contributed by atoms with Crippen molar-refractivity contribution in [2.24, 2.45) is 0 Å². The molecule has 0 bridgehead atoms. The van der Waals surface area contributed by atoms with Crippen molar-refractivity contribution >= 4 is 9.52 Å². The molecule has 1 nitrogen and oxygen atoms in total. The van der Waals surface area contributed by atoms with Crippen LogP contribution in [0.25, 0.3) is 0 Å². The maximum absolute atomic E-state index is 4.83. The number of ether oxygens (including phenoxy) is 1. The van der Waals surface area contributed by atoms with Crippen LogP contribution in [0.5, 0.6) is 0 Å². The second kappa shape index (κ2) is 15.7. The first kappa shape index (κ1) is 11.0. The molecule has 0 aromatic heterocycles. The highest BCUT2D eigenvalue weighted by Crippen LogP contribution is 1.64. The van der Waals surface area contributed by atoms with Crippen molar-refractivity contribution in [1.82, 2.24) is 0 Å². The van der Waals surface area contributed by atoms with Crippen LogP contribution in [0.2, 0.25) is 13.1 Å². The second-order valence-electron chi connectivity index (χ2n) is 1.49. The fraction of sp³-hybridized carbons (Fsp3) is 1.00. The lowest BCUT2D eigenvalue weighted by molar-refractivity contribution is 0.162. The van der Waals surface area contributed by atoms with Gasteiger partial charge >= 0.3 is 0 Å². The van der Waals surface area contributed by atoms with E-state index in [4.69, 9.17) is 4.74 Å². The molecule has 0 aliphatic carbocycles. The van der Waals surface area contributed by atoms with E-state index >= 15 is 0 Å². The summed E-state index contributed by atoms with van der Waals surface area (Å²) in [4.78, 5) is 0. The minimum absolute atomic E-state index is 0.417. The Morgan fingerprint density at radius 2 is 1.38 bits per heavy atom. The van der Waals surface area contributed by atoms with Crippen LogP contribution in [0.15, 0.2) is 0 Å². The summed E-state index contributed by atoms with van der Waals surface area (Å²) < 4.78 is 4.83. The first-order valence-electron chi connectivity index (χ1n) is 3.41. The summed E-state index contributed by atoms with van der Waals surface area (Å²) in [5.41, 5.74) is 0. The van der Waals surface area contributed by atoms with Crippen LogP contribution in [0.1, 0.15) is 13.8 Å². The SMILES string of the molecule is CCOCC.C[SiH2]C. The summed E-state index contributed by atoms with van der Waals surface area (Å²) in [7, 11) is 0.417. The van der Waals surface area contributed by atoms with Gasteiger partial charge in [-0.15, -0.1) is 0 Å². The fourth-order valence-electron chi connectivity index (χ4n) is 0.204. The van der Waals surface area contributed by atoms with Crippen LogP contribution in [-0.4, -0.2) is 22.7 Å². The molecule has 0 heterocycles. The minimum atomic E-state index is 0.417. The summed E-state index contributed by atoms with van der Waals surface area (Å²) in [6.45, 7) is 10.2. The highest BCUT2D eigenvalue weighted by atomic mass is 28.2. The molecule has 0 aliphatic rings. The molecular formula is C6H18OSi. The van der Waals surface area contributed by atoms with Gasteiger partial charge in [0.25, 0.3) is 0 Å². The Hall–Kier alpha value is 0.177. The van der Waals surface area contributed by atoms with E-state index in [1.807, 2.05) is 13.8 Å². The van der Waals surface area contributed by atoms with Gasteiger partial charge in [-0.1, -0.05) is 13.1 Å². The molecule has 0 fully saturated rings. The van der Waals surface area contributed by atoms with Gasteiger partial charge in [0.05, 0.1) is 0 Å². The van der Waals surface area contributed by atoms with E-state index in [1.165, 1.54) is 0 Å². The van der Waals surface area contributed by atoms with Crippen molar-refractivity contribution < 1.29 is 4.74 Å². The van der Waals surface area contributed by atoms with Crippen molar-refractivity contribution in [2.45, 2.75) is 26.9 Å². The monoisotopic (exact) mass is 134 g/mol. The molecule has 0 spiro atoms. The average molecular weight is 134 g/mol. The lowest BCUT2D eigenvalue weighted by atomic mass is 10.8. The summed E-state index contributed by atoms with van der Waals surface area (Å²) in [5.74, 6) is 0. The maximum atomic E-state index is 4.83. The number of rotatable bonds is 2. The molecule has 0 amide bonds. The normalized spacial score (nSPS) is 7.50. The van der Waals surface area contributed by atoms with Gasteiger partial charge in [0.2, 0.25) is 0 Å². The van der Waals surface area contributed by atoms with Crippen molar-refractivity contribution in [3.8, 4) is 0 Å². The molecule has 0 saturated heterocycles. The van der Waals surface area contributed by atoms with Gasteiger partial charge in [0, 0.05) is 22.7 Å². The van der Waals surface area contributed by atoms with Crippen molar-refractivity contribution in [2.75, 3.05) is 13.2 Å². The van der Waals surface area contributed by atoms with Gasteiger partial charge in [-0.25, -0.2) is 0 Å². The summed E-state index contributed by atoms with van der Waals surface area (Å²) in [6, 6.07) is 0. The van der Waals surface area contributed by atoms with E-state index in [-0.39, 0.29) is 0 Å². The van der Waals surface area contributed by atoms with E-state index in [2.05, 4.69) is 13.1 Å². The van der Waals surface area contributed by atoms with Crippen LogP contribution in [0.4, 0.5) is 0 Å². The van der Waals surface area contributed by atoms with E-state index in [9.17, 15) is 0 Å². The topological polar surface area (TPSA) is 9.23 Å². The standard InChI is InChI=1S/C4H10O.C2H8Si/c1-3-5-4-2;1-3-2/h3-4H2,1-2H3;3H2,1-2H3. The Labute approximate surface area is 55.3 Å². The van der Waals surface area contributed by atoms with E-state index < -0.39 is 0 Å². The van der Waals surface area contributed by atoms with Gasteiger partial charge in [-0.05, 0) is 13.8 Å². The Morgan fingerprint density at radius 1 is 1.12 bits per heavy atom. The summed E-state index contributed by atoms with van der Waals surface area (Å²) in [6.07, 6.45) is 0. The van der Waals surface area contributed by atoms with Gasteiger partial charge in [-0.3, -0.25) is 0 Å². The molecule has 0 aliphatic heterocycles. The van der Waals surface area contributed by atoms with E-state index in [0.717, 1.165) is 13.2 Å². The lowest BCUT2D eigenvalue weighted by Crippen LogP contribution is -1.84. The molecule has 2 heteroatoms. The van der Waals surface area contributed by atoms with Gasteiger partial charge in [-0.2, -0.15) is 0 Å². The van der Waals surface area contributed by atoms with E-state index in [1.54, 1.807) is 0 Å². The van der Waals surface area contributed by atoms with E-state index in [0.29, 0.717) is 9.52 Å². The zero-order valence-corrected chi connectivity index (χ0v) is 7.94. The third-order valence-electron chi connectivity index (χ3n) is 0.408. The third kappa shape index (κ3) is 34.9. The Balaban J connectivity index is 0. The van der Waals surface area contributed by atoms with Crippen LogP contribution >= 0.6 is 0 Å². The smallest absolute Gasteiger partial charge is 0.0437 e. The predicted octanol–water partition coefficient (Wildman–Crippen LogP) is 1.29. The van der Waals surface area contributed by atoms with Crippen LogP contribution < -0.4 is 0 Å². The third-order valence-corrected chi connectivity index (χ3v) is 0.408. The minimum Gasteiger partial charge on any atom is -0.382 e. The van der Waals surface area contributed by atoms with Crippen LogP contribution in [-0.2, 0) is 4.74 Å². The summed E-state index contributed by atoms with van der Waals surface area (Å²) >= 11 is 0. The molecule has 8 heavy (non-hydrogen) atoms. The molecule has 0 saturated carbocycles. The Bertz CT molecular complexity index is 22.5. The van der Waals surface area contributed by atoms with Gasteiger partial charge in [0.15, 0.2) is 0 Å². The Morgan fingerprint density at radius 3 is 1.38 bits per heavy atom. The highest BCUT2D eigenvalue weighted by Gasteiger charge is 1.64. The van der Waals surface area contributed by atoms with Crippen molar-refractivity contribution in [3.63, 3.8) is 0 Å². The second-order valence-corrected chi connectivity index (χ2v) is 2.90. The fourth-order valence-corrected chi connectivity index (χ4v) is 0.204. The molecule has 0 N–H and O–H groups in total. The van der Waals surface area contributed by atoms with Gasteiger partial charge in [0.1, 0.15) is 0 Å². The highest BCUT2D eigenvalue weighted by molar-refractivity contribution is 6.31. The molecule has 0 unspecified atom stereocenters. The quantitative estimate of drug-likeness (QED) is 0.517. The molecule has 0 aromatic rings. The molecule has 0 aromatic carbocycles. The zero-order chi connectivity index (χ0) is 6.83. The van der Waals surface area contributed by atoms with Gasteiger partial charge < -0.3 is 4.74 Å².